The van der Waals surface area contributed by atoms with E-state index in [4.69, 9.17) is 9.47 Å². The molecule has 0 aromatic heterocycles. The van der Waals surface area contributed by atoms with Gasteiger partial charge in [0.2, 0.25) is 0 Å². The third kappa shape index (κ3) is 1.89. The van der Waals surface area contributed by atoms with Gasteiger partial charge in [-0.25, -0.2) is 0 Å². The molecule has 2 aliphatic carbocycles. The molecular formula is C16H26O3. The Bertz CT molecular complexity index is 381. The van der Waals surface area contributed by atoms with Crippen LogP contribution in [0.2, 0.25) is 0 Å². The van der Waals surface area contributed by atoms with Gasteiger partial charge in [-0.1, -0.05) is 20.8 Å². The number of hydrogen-bond donors (Lipinski definition) is 0. The number of fused-ring (bicyclic) bond motifs is 1. The topological polar surface area (TPSA) is 35.5 Å². The lowest BCUT2D eigenvalue weighted by Crippen LogP contribution is -2.58. The minimum atomic E-state index is -0.398. The van der Waals surface area contributed by atoms with Gasteiger partial charge in [-0.05, 0) is 30.6 Å². The molecule has 0 radical (unpaired) electrons. The van der Waals surface area contributed by atoms with E-state index < -0.39 is 5.79 Å². The Morgan fingerprint density at radius 1 is 1.11 bits per heavy atom. The van der Waals surface area contributed by atoms with Gasteiger partial charge in [-0.15, -0.1) is 0 Å². The van der Waals surface area contributed by atoms with Crippen molar-refractivity contribution in [2.45, 2.75) is 65.1 Å². The molecule has 2 saturated carbocycles. The summed E-state index contributed by atoms with van der Waals surface area (Å²) in [5, 5.41) is 0. The largest absolute Gasteiger partial charge is 0.347 e. The first kappa shape index (κ1) is 13.6. The predicted molar refractivity (Wildman–Crippen MR) is 72.7 cm³/mol. The minimum absolute atomic E-state index is 0.0128. The number of carbonyl (C=O) groups excluding carboxylic acids is 1. The van der Waals surface area contributed by atoms with Crippen molar-refractivity contribution in [2.75, 3.05) is 13.2 Å². The third-order valence-electron chi connectivity index (χ3n) is 6.02. The first-order chi connectivity index (χ1) is 8.90. The molecule has 0 bridgehead atoms. The Labute approximate surface area is 116 Å². The number of carbonyl (C=O) groups is 1. The monoisotopic (exact) mass is 266 g/mol. The van der Waals surface area contributed by atoms with Crippen LogP contribution < -0.4 is 0 Å². The lowest BCUT2D eigenvalue weighted by molar-refractivity contribution is -0.283. The summed E-state index contributed by atoms with van der Waals surface area (Å²) in [7, 11) is 0. The number of Topliss-reactive ketones (excluding diaryl/α,β-unsaturated/α-hetero) is 1. The molecule has 108 valence electrons. The normalized spacial score (nSPS) is 41.0. The van der Waals surface area contributed by atoms with Crippen molar-refractivity contribution in [1.82, 2.24) is 0 Å². The van der Waals surface area contributed by atoms with Crippen LogP contribution in [0.4, 0.5) is 0 Å². The molecule has 0 N–H and O–H groups in total. The smallest absolute Gasteiger partial charge is 0.173 e. The molecule has 3 nitrogen and oxygen atoms in total. The molecule has 19 heavy (non-hydrogen) atoms. The Kier molecular flexibility index (Phi) is 3.06. The summed E-state index contributed by atoms with van der Waals surface area (Å²) in [6, 6.07) is 0. The highest BCUT2D eigenvalue weighted by molar-refractivity contribution is 5.79. The van der Waals surface area contributed by atoms with Gasteiger partial charge in [0.25, 0.3) is 0 Å². The lowest BCUT2D eigenvalue weighted by Gasteiger charge is -2.57. The predicted octanol–water partition coefficient (Wildman–Crippen LogP) is 3.32. The standard InChI is InChI=1S/C16H26O3/c1-14(2)13-6-4-5-12(17)11-15(13,3)7-8-16(14)18-9-10-19-16/h13H,4-11H2,1-3H3/t13-,15+/m0/s1. The molecule has 1 saturated heterocycles. The molecule has 1 aliphatic heterocycles. The second kappa shape index (κ2) is 4.29. The summed E-state index contributed by atoms with van der Waals surface area (Å²) in [6.45, 7) is 8.31. The van der Waals surface area contributed by atoms with Crippen LogP contribution in [0.25, 0.3) is 0 Å². The summed E-state index contributed by atoms with van der Waals surface area (Å²) in [5.74, 6) is 0.563. The van der Waals surface area contributed by atoms with E-state index in [-0.39, 0.29) is 10.8 Å². The first-order valence-corrected chi connectivity index (χ1v) is 7.69. The van der Waals surface area contributed by atoms with E-state index in [2.05, 4.69) is 20.8 Å². The Morgan fingerprint density at radius 3 is 2.47 bits per heavy atom. The zero-order valence-corrected chi connectivity index (χ0v) is 12.5. The summed E-state index contributed by atoms with van der Waals surface area (Å²) in [6.07, 6.45) is 5.64. The highest BCUT2D eigenvalue weighted by Crippen LogP contribution is 2.61. The van der Waals surface area contributed by atoms with Gasteiger partial charge in [0.15, 0.2) is 5.79 Å². The van der Waals surface area contributed by atoms with Gasteiger partial charge in [-0.2, -0.15) is 0 Å². The van der Waals surface area contributed by atoms with Crippen molar-refractivity contribution in [3.63, 3.8) is 0 Å². The lowest BCUT2D eigenvalue weighted by atomic mass is 9.52. The molecule has 2 atom stereocenters. The zero-order valence-electron chi connectivity index (χ0n) is 12.5. The summed E-state index contributed by atoms with van der Waals surface area (Å²) < 4.78 is 12.1. The number of ether oxygens (including phenoxy) is 2. The van der Waals surface area contributed by atoms with Gasteiger partial charge >= 0.3 is 0 Å². The molecule has 3 rings (SSSR count). The second-order valence-corrected chi connectivity index (χ2v) is 7.49. The zero-order chi connectivity index (χ0) is 13.7. The van der Waals surface area contributed by atoms with Crippen molar-refractivity contribution >= 4 is 5.78 Å². The summed E-state index contributed by atoms with van der Waals surface area (Å²) in [4.78, 5) is 12.0. The van der Waals surface area contributed by atoms with E-state index in [0.29, 0.717) is 24.9 Å². The molecule has 3 heteroatoms. The van der Waals surface area contributed by atoms with E-state index in [0.717, 1.165) is 38.5 Å². The first-order valence-electron chi connectivity index (χ1n) is 7.69. The average Bonchev–Trinajstić information content (AvgIpc) is 2.74. The van der Waals surface area contributed by atoms with Crippen LogP contribution in [0.15, 0.2) is 0 Å². The van der Waals surface area contributed by atoms with Crippen molar-refractivity contribution in [3.05, 3.63) is 0 Å². The fourth-order valence-corrected chi connectivity index (χ4v) is 5.02. The Hall–Kier alpha value is -0.410. The fraction of sp³-hybridized carbons (Fsp3) is 0.938. The van der Waals surface area contributed by atoms with E-state index in [9.17, 15) is 4.79 Å². The van der Waals surface area contributed by atoms with Gasteiger partial charge in [0.05, 0.1) is 13.2 Å². The van der Waals surface area contributed by atoms with Crippen LogP contribution in [0.5, 0.6) is 0 Å². The molecule has 1 heterocycles. The van der Waals surface area contributed by atoms with E-state index in [1.54, 1.807) is 0 Å². The highest BCUT2D eigenvalue weighted by Gasteiger charge is 2.62. The number of hydrogen-bond acceptors (Lipinski definition) is 3. The average molecular weight is 266 g/mol. The Morgan fingerprint density at radius 2 is 1.79 bits per heavy atom. The highest BCUT2D eigenvalue weighted by atomic mass is 16.7. The van der Waals surface area contributed by atoms with Crippen LogP contribution in [0.1, 0.15) is 59.3 Å². The SMILES string of the molecule is CC1(C)[C@@H]2CCCC(=O)C[C@@]2(C)CCC12OCCO2. The van der Waals surface area contributed by atoms with Gasteiger partial charge < -0.3 is 9.47 Å². The van der Waals surface area contributed by atoms with Crippen LogP contribution in [0.3, 0.4) is 0 Å². The van der Waals surface area contributed by atoms with E-state index in [1.165, 1.54) is 0 Å². The summed E-state index contributed by atoms with van der Waals surface area (Å²) in [5.41, 5.74) is 0.124. The molecule has 0 aromatic carbocycles. The third-order valence-corrected chi connectivity index (χ3v) is 6.02. The van der Waals surface area contributed by atoms with Crippen molar-refractivity contribution in [2.24, 2.45) is 16.7 Å². The second-order valence-electron chi connectivity index (χ2n) is 7.49. The molecular weight excluding hydrogens is 240 g/mol. The maximum Gasteiger partial charge on any atom is 0.173 e. The molecule has 0 unspecified atom stereocenters. The summed E-state index contributed by atoms with van der Waals surface area (Å²) >= 11 is 0. The van der Waals surface area contributed by atoms with Gasteiger partial charge in [0.1, 0.15) is 5.78 Å². The number of rotatable bonds is 0. The van der Waals surface area contributed by atoms with Gasteiger partial charge in [0, 0.05) is 24.7 Å². The van der Waals surface area contributed by atoms with Crippen LogP contribution in [0, 0.1) is 16.7 Å². The molecule has 1 spiro atoms. The van der Waals surface area contributed by atoms with Crippen LogP contribution >= 0.6 is 0 Å². The van der Waals surface area contributed by atoms with Crippen LogP contribution in [-0.2, 0) is 14.3 Å². The Balaban J connectivity index is 1.96. The molecule has 3 fully saturated rings. The maximum absolute atomic E-state index is 12.0. The molecule has 3 aliphatic rings. The van der Waals surface area contributed by atoms with E-state index >= 15 is 0 Å². The van der Waals surface area contributed by atoms with Crippen molar-refractivity contribution in [3.8, 4) is 0 Å². The fourth-order valence-electron chi connectivity index (χ4n) is 5.02. The van der Waals surface area contributed by atoms with Crippen molar-refractivity contribution in [1.29, 1.82) is 0 Å². The minimum Gasteiger partial charge on any atom is -0.347 e. The van der Waals surface area contributed by atoms with Crippen LogP contribution in [-0.4, -0.2) is 24.8 Å². The quantitative estimate of drug-likeness (QED) is 0.674. The molecule has 0 aromatic rings. The maximum atomic E-state index is 12.0. The van der Waals surface area contributed by atoms with Crippen molar-refractivity contribution < 1.29 is 14.3 Å². The van der Waals surface area contributed by atoms with E-state index in [1.807, 2.05) is 0 Å². The number of ketones is 1. The van der Waals surface area contributed by atoms with Gasteiger partial charge in [-0.3, -0.25) is 4.79 Å². The molecule has 0 amide bonds.